The van der Waals surface area contributed by atoms with Crippen molar-refractivity contribution < 1.29 is 22.7 Å². The maximum atomic E-state index is 13.1. The SMILES string of the molecule is CCOc1ccc(C(F)(F)F)cc1NC(=O)c1nn(CC)c(=O)c2ccccc12. The third-order valence-corrected chi connectivity index (χ3v) is 4.24. The van der Waals surface area contributed by atoms with Gasteiger partial charge in [0.25, 0.3) is 11.5 Å². The lowest BCUT2D eigenvalue weighted by molar-refractivity contribution is -0.137. The van der Waals surface area contributed by atoms with Crippen LogP contribution in [0.3, 0.4) is 0 Å². The van der Waals surface area contributed by atoms with Crippen LogP contribution in [0.15, 0.2) is 47.3 Å². The minimum atomic E-state index is -4.58. The number of hydrogen-bond acceptors (Lipinski definition) is 4. The predicted molar refractivity (Wildman–Crippen MR) is 102 cm³/mol. The molecular formula is C20H18F3N3O3. The lowest BCUT2D eigenvalue weighted by Crippen LogP contribution is -2.27. The molecule has 0 aliphatic heterocycles. The van der Waals surface area contributed by atoms with E-state index in [2.05, 4.69) is 10.4 Å². The molecule has 0 unspecified atom stereocenters. The lowest BCUT2D eigenvalue weighted by Gasteiger charge is -2.15. The molecule has 0 bridgehead atoms. The summed E-state index contributed by atoms with van der Waals surface area (Å²) in [5.41, 5.74) is -1.48. The van der Waals surface area contributed by atoms with Crippen molar-refractivity contribution >= 4 is 22.4 Å². The van der Waals surface area contributed by atoms with E-state index >= 15 is 0 Å². The molecule has 1 heterocycles. The van der Waals surface area contributed by atoms with Crippen molar-refractivity contribution in [2.24, 2.45) is 0 Å². The Labute approximate surface area is 163 Å². The fraction of sp³-hybridized carbons (Fsp3) is 0.250. The Kier molecular flexibility index (Phi) is 5.58. The van der Waals surface area contributed by atoms with E-state index in [-0.39, 0.29) is 35.8 Å². The molecule has 29 heavy (non-hydrogen) atoms. The Morgan fingerprint density at radius 1 is 1.14 bits per heavy atom. The van der Waals surface area contributed by atoms with Crippen LogP contribution in [0, 0.1) is 0 Å². The molecule has 0 saturated carbocycles. The van der Waals surface area contributed by atoms with E-state index in [0.717, 1.165) is 22.9 Å². The van der Waals surface area contributed by atoms with Crippen LogP contribution in [0.25, 0.3) is 10.8 Å². The fourth-order valence-corrected chi connectivity index (χ4v) is 2.88. The number of alkyl halides is 3. The monoisotopic (exact) mass is 405 g/mol. The average Bonchev–Trinajstić information content (AvgIpc) is 2.69. The quantitative estimate of drug-likeness (QED) is 0.694. The first kappa shape index (κ1) is 20.4. The molecule has 0 radical (unpaired) electrons. The number of aryl methyl sites for hydroxylation is 1. The largest absolute Gasteiger partial charge is 0.492 e. The summed E-state index contributed by atoms with van der Waals surface area (Å²) in [6, 6.07) is 9.27. The normalized spacial score (nSPS) is 11.5. The minimum absolute atomic E-state index is 0.0677. The molecule has 0 spiro atoms. The zero-order chi connectivity index (χ0) is 21.2. The second kappa shape index (κ2) is 7.94. The Morgan fingerprint density at radius 2 is 1.83 bits per heavy atom. The van der Waals surface area contributed by atoms with Crippen molar-refractivity contribution in [2.75, 3.05) is 11.9 Å². The van der Waals surface area contributed by atoms with Crippen molar-refractivity contribution in [2.45, 2.75) is 26.6 Å². The maximum absolute atomic E-state index is 13.1. The molecule has 0 fully saturated rings. The van der Waals surface area contributed by atoms with Gasteiger partial charge < -0.3 is 10.1 Å². The number of nitrogens with zero attached hydrogens (tertiary/aromatic N) is 2. The van der Waals surface area contributed by atoms with Gasteiger partial charge in [-0.3, -0.25) is 9.59 Å². The summed E-state index contributed by atoms with van der Waals surface area (Å²) in [5, 5.41) is 7.14. The molecule has 0 aliphatic carbocycles. The van der Waals surface area contributed by atoms with Gasteiger partial charge in [-0.2, -0.15) is 18.3 Å². The highest BCUT2D eigenvalue weighted by atomic mass is 19.4. The van der Waals surface area contributed by atoms with E-state index < -0.39 is 17.6 Å². The third kappa shape index (κ3) is 4.08. The molecule has 3 rings (SSSR count). The van der Waals surface area contributed by atoms with Gasteiger partial charge in [-0.25, -0.2) is 4.68 Å². The Balaban J connectivity index is 2.09. The van der Waals surface area contributed by atoms with Gasteiger partial charge in [-0.05, 0) is 38.1 Å². The Bertz CT molecular complexity index is 1120. The van der Waals surface area contributed by atoms with Crippen LogP contribution in [0.5, 0.6) is 5.75 Å². The number of amides is 1. The molecule has 2 aromatic carbocycles. The Hall–Kier alpha value is -3.36. The standard InChI is InChI=1S/C20H18F3N3O3/c1-3-26-19(28)14-8-6-5-7-13(14)17(25-26)18(27)24-15-11-12(20(21,22)23)9-10-16(15)29-4-2/h5-11H,3-4H2,1-2H3,(H,24,27). The number of fused-ring (bicyclic) bond motifs is 1. The molecule has 6 nitrogen and oxygen atoms in total. The number of nitrogens with one attached hydrogen (secondary N) is 1. The minimum Gasteiger partial charge on any atom is -0.492 e. The second-order valence-corrected chi connectivity index (χ2v) is 6.11. The van der Waals surface area contributed by atoms with Crippen LogP contribution in [0.2, 0.25) is 0 Å². The molecule has 1 N–H and O–H groups in total. The summed E-state index contributed by atoms with van der Waals surface area (Å²) in [7, 11) is 0. The number of benzene rings is 2. The lowest BCUT2D eigenvalue weighted by atomic mass is 10.1. The highest BCUT2D eigenvalue weighted by molar-refractivity contribution is 6.11. The summed E-state index contributed by atoms with van der Waals surface area (Å²) >= 11 is 0. The Morgan fingerprint density at radius 3 is 2.45 bits per heavy atom. The van der Waals surface area contributed by atoms with Crippen molar-refractivity contribution in [3.05, 3.63) is 64.1 Å². The van der Waals surface area contributed by atoms with Gasteiger partial charge in [0, 0.05) is 11.9 Å². The smallest absolute Gasteiger partial charge is 0.416 e. The van der Waals surface area contributed by atoms with Gasteiger partial charge in [-0.15, -0.1) is 0 Å². The van der Waals surface area contributed by atoms with E-state index in [0.29, 0.717) is 10.8 Å². The summed E-state index contributed by atoms with van der Waals surface area (Å²) in [4.78, 5) is 25.3. The number of ether oxygens (including phenoxy) is 1. The van der Waals surface area contributed by atoms with Crippen LogP contribution < -0.4 is 15.6 Å². The van der Waals surface area contributed by atoms with E-state index in [1.54, 1.807) is 38.1 Å². The summed E-state index contributed by atoms with van der Waals surface area (Å²) in [5.74, 6) is -0.648. The number of halogens is 3. The summed E-state index contributed by atoms with van der Waals surface area (Å²) in [6.07, 6.45) is -4.58. The molecule has 1 amide bonds. The van der Waals surface area contributed by atoms with Gasteiger partial charge in [0.2, 0.25) is 0 Å². The third-order valence-electron chi connectivity index (χ3n) is 4.24. The molecule has 0 saturated heterocycles. The molecule has 0 aliphatic rings. The van der Waals surface area contributed by atoms with Crippen LogP contribution >= 0.6 is 0 Å². The van der Waals surface area contributed by atoms with E-state index in [1.165, 1.54) is 0 Å². The van der Waals surface area contributed by atoms with Crippen LogP contribution in [-0.4, -0.2) is 22.3 Å². The van der Waals surface area contributed by atoms with E-state index in [1.807, 2.05) is 0 Å². The number of hydrogen-bond donors (Lipinski definition) is 1. The number of anilines is 1. The maximum Gasteiger partial charge on any atom is 0.416 e. The molecule has 152 valence electrons. The van der Waals surface area contributed by atoms with E-state index in [9.17, 15) is 22.8 Å². The zero-order valence-corrected chi connectivity index (χ0v) is 15.7. The molecular weight excluding hydrogens is 387 g/mol. The number of aromatic nitrogens is 2. The first-order valence-electron chi connectivity index (χ1n) is 8.91. The molecule has 3 aromatic rings. The van der Waals surface area contributed by atoms with Gasteiger partial charge in [0.15, 0.2) is 5.69 Å². The van der Waals surface area contributed by atoms with Gasteiger partial charge in [-0.1, -0.05) is 18.2 Å². The number of carbonyl (C=O) groups excluding carboxylic acids is 1. The van der Waals surface area contributed by atoms with Crippen molar-refractivity contribution in [1.82, 2.24) is 9.78 Å². The number of carbonyl (C=O) groups is 1. The van der Waals surface area contributed by atoms with Crippen LogP contribution in [0.1, 0.15) is 29.9 Å². The fourth-order valence-electron chi connectivity index (χ4n) is 2.88. The average molecular weight is 405 g/mol. The topological polar surface area (TPSA) is 73.2 Å². The summed E-state index contributed by atoms with van der Waals surface area (Å²) < 4.78 is 45.7. The van der Waals surface area contributed by atoms with Gasteiger partial charge in [0.1, 0.15) is 5.75 Å². The van der Waals surface area contributed by atoms with Crippen molar-refractivity contribution in [1.29, 1.82) is 0 Å². The predicted octanol–water partition coefficient (Wildman–Crippen LogP) is 4.09. The van der Waals surface area contributed by atoms with Gasteiger partial charge in [0.05, 0.1) is 23.2 Å². The van der Waals surface area contributed by atoms with Crippen LogP contribution in [0.4, 0.5) is 18.9 Å². The van der Waals surface area contributed by atoms with Crippen molar-refractivity contribution in [3.8, 4) is 5.75 Å². The van der Waals surface area contributed by atoms with Gasteiger partial charge >= 0.3 is 6.18 Å². The van der Waals surface area contributed by atoms with E-state index in [4.69, 9.17) is 4.74 Å². The highest BCUT2D eigenvalue weighted by Gasteiger charge is 2.31. The molecule has 9 heteroatoms. The molecule has 1 aromatic heterocycles. The van der Waals surface area contributed by atoms with Crippen molar-refractivity contribution in [3.63, 3.8) is 0 Å². The number of rotatable bonds is 5. The van der Waals surface area contributed by atoms with Crippen LogP contribution in [-0.2, 0) is 12.7 Å². The summed E-state index contributed by atoms with van der Waals surface area (Å²) in [6.45, 7) is 3.81. The highest BCUT2D eigenvalue weighted by Crippen LogP contribution is 2.35. The second-order valence-electron chi connectivity index (χ2n) is 6.11. The molecule has 0 atom stereocenters. The zero-order valence-electron chi connectivity index (χ0n) is 15.7. The first-order valence-corrected chi connectivity index (χ1v) is 8.91. The first-order chi connectivity index (χ1) is 13.8.